The largest absolute Gasteiger partial charge is 0.478 e. The van der Waals surface area contributed by atoms with E-state index in [1.165, 1.54) is 6.92 Å². The van der Waals surface area contributed by atoms with E-state index in [4.69, 9.17) is 4.74 Å². The normalized spacial score (nSPS) is 12.8. The monoisotopic (exact) mass is 417 g/mol. The van der Waals surface area contributed by atoms with Gasteiger partial charge in [0.05, 0.1) is 6.04 Å². The summed E-state index contributed by atoms with van der Waals surface area (Å²) in [6.07, 6.45) is -0.852. The summed E-state index contributed by atoms with van der Waals surface area (Å²) < 4.78 is 5.32. The molecule has 0 fully saturated rings. The molecule has 0 spiro atoms. The Bertz CT molecular complexity index is 919. The van der Waals surface area contributed by atoms with Gasteiger partial charge in [0.2, 0.25) is 6.10 Å². The van der Waals surface area contributed by atoms with Gasteiger partial charge in [-0.05, 0) is 23.1 Å². The highest BCUT2D eigenvalue weighted by atomic mass is 16.6. The summed E-state index contributed by atoms with van der Waals surface area (Å²) in [7, 11) is 0. The predicted molar refractivity (Wildman–Crippen MR) is 119 cm³/mol. The van der Waals surface area contributed by atoms with Gasteiger partial charge in [-0.15, -0.1) is 0 Å². The van der Waals surface area contributed by atoms with Crippen LogP contribution in [0, 0.1) is 0 Å². The fourth-order valence-electron chi connectivity index (χ4n) is 3.68. The molecular weight excluding hydrogens is 390 g/mol. The number of benzene rings is 3. The van der Waals surface area contributed by atoms with Crippen molar-refractivity contribution >= 4 is 11.9 Å². The van der Waals surface area contributed by atoms with E-state index < -0.39 is 24.1 Å². The Morgan fingerprint density at radius 2 is 1.19 bits per heavy atom. The van der Waals surface area contributed by atoms with E-state index in [1.807, 2.05) is 91.0 Å². The van der Waals surface area contributed by atoms with Gasteiger partial charge in [-0.2, -0.15) is 0 Å². The molecule has 0 unspecified atom stereocenters. The molecule has 1 N–H and O–H groups in total. The number of carbonyl (C=O) groups is 2. The number of ether oxygens (including phenoxy) is 1. The van der Waals surface area contributed by atoms with Crippen molar-refractivity contribution in [3.63, 3.8) is 0 Å². The van der Waals surface area contributed by atoms with Crippen LogP contribution in [0.15, 0.2) is 91.0 Å². The zero-order valence-corrected chi connectivity index (χ0v) is 17.6. The minimum absolute atomic E-state index is 0.435. The van der Waals surface area contributed by atoms with Crippen LogP contribution in [0.4, 0.5) is 0 Å². The van der Waals surface area contributed by atoms with Crippen molar-refractivity contribution in [1.29, 1.82) is 0 Å². The summed E-state index contributed by atoms with van der Waals surface area (Å²) in [5.74, 6) is -1.76. The molecule has 5 nitrogen and oxygen atoms in total. The van der Waals surface area contributed by atoms with Gasteiger partial charge < -0.3 is 9.84 Å². The number of rotatable bonds is 10. The van der Waals surface area contributed by atoms with Crippen LogP contribution in [0.25, 0.3) is 0 Å². The molecule has 0 aliphatic heterocycles. The maximum atomic E-state index is 12.2. The van der Waals surface area contributed by atoms with Crippen LogP contribution < -0.4 is 0 Å². The second-order valence-corrected chi connectivity index (χ2v) is 7.50. The summed E-state index contributed by atoms with van der Waals surface area (Å²) in [5, 5.41) is 9.95. The van der Waals surface area contributed by atoms with E-state index in [0.29, 0.717) is 19.5 Å². The Morgan fingerprint density at radius 3 is 1.58 bits per heavy atom. The van der Waals surface area contributed by atoms with Crippen molar-refractivity contribution in [2.24, 2.45) is 0 Å². The minimum atomic E-state index is -1.29. The third-order valence-electron chi connectivity index (χ3n) is 5.10. The molecule has 3 aromatic rings. The Kier molecular flexibility index (Phi) is 7.96. The summed E-state index contributed by atoms with van der Waals surface area (Å²) in [5.41, 5.74) is 3.10. The number of aliphatic carboxylic acids is 1. The van der Waals surface area contributed by atoms with Gasteiger partial charge in [-0.1, -0.05) is 91.0 Å². The summed E-state index contributed by atoms with van der Waals surface area (Å²) in [6, 6.07) is 28.9. The first-order valence-electron chi connectivity index (χ1n) is 10.3. The van der Waals surface area contributed by atoms with Crippen LogP contribution in [0.2, 0.25) is 0 Å². The average Bonchev–Trinajstić information content (AvgIpc) is 2.77. The first kappa shape index (κ1) is 22.2. The van der Waals surface area contributed by atoms with Crippen molar-refractivity contribution in [1.82, 2.24) is 4.90 Å². The fourth-order valence-corrected chi connectivity index (χ4v) is 3.68. The van der Waals surface area contributed by atoms with Crippen molar-refractivity contribution < 1.29 is 19.4 Å². The first-order valence-corrected chi connectivity index (χ1v) is 10.3. The van der Waals surface area contributed by atoms with Gasteiger partial charge in [-0.3, -0.25) is 9.69 Å². The molecule has 160 valence electrons. The van der Waals surface area contributed by atoms with E-state index in [1.54, 1.807) is 0 Å². The maximum Gasteiger partial charge on any atom is 0.346 e. The van der Waals surface area contributed by atoms with Gasteiger partial charge in [0.25, 0.3) is 0 Å². The third-order valence-corrected chi connectivity index (χ3v) is 5.10. The fraction of sp³-hybridized carbons (Fsp3) is 0.231. The van der Waals surface area contributed by atoms with E-state index in [9.17, 15) is 14.7 Å². The predicted octanol–water partition coefficient (Wildman–Crippen LogP) is 4.32. The first-order chi connectivity index (χ1) is 15.0. The molecule has 0 aliphatic rings. The SMILES string of the molecule is CC(=O)O[C@H](C(=O)O)[C@H](Cc1ccccc1)N(Cc1ccccc1)Cc1ccccc1. The number of nitrogens with zero attached hydrogens (tertiary/aromatic N) is 1. The lowest BCUT2D eigenvalue weighted by atomic mass is 9.97. The average molecular weight is 418 g/mol. The van der Waals surface area contributed by atoms with Crippen LogP contribution in [-0.4, -0.2) is 34.1 Å². The van der Waals surface area contributed by atoms with E-state index in [-0.39, 0.29) is 0 Å². The van der Waals surface area contributed by atoms with Crippen molar-refractivity contribution in [2.75, 3.05) is 0 Å². The Morgan fingerprint density at radius 1 is 0.774 bits per heavy atom. The van der Waals surface area contributed by atoms with Gasteiger partial charge in [0.15, 0.2) is 0 Å². The van der Waals surface area contributed by atoms with Crippen LogP contribution in [0.3, 0.4) is 0 Å². The molecule has 0 aromatic heterocycles. The quantitative estimate of drug-likeness (QED) is 0.498. The molecule has 0 radical (unpaired) electrons. The molecule has 3 aromatic carbocycles. The molecular formula is C26H27NO4. The van der Waals surface area contributed by atoms with E-state index in [2.05, 4.69) is 4.90 Å². The molecule has 0 amide bonds. The topological polar surface area (TPSA) is 66.8 Å². The highest BCUT2D eigenvalue weighted by molar-refractivity contribution is 5.77. The van der Waals surface area contributed by atoms with Gasteiger partial charge in [-0.25, -0.2) is 4.79 Å². The smallest absolute Gasteiger partial charge is 0.346 e. The number of esters is 1. The molecule has 0 aliphatic carbocycles. The van der Waals surface area contributed by atoms with E-state index >= 15 is 0 Å². The summed E-state index contributed by atoms with van der Waals surface area (Å²) >= 11 is 0. The molecule has 5 heteroatoms. The number of hydrogen-bond donors (Lipinski definition) is 1. The van der Waals surface area contributed by atoms with Crippen LogP contribution >= 0.6 is 0 Å². The number of carboxylic acid groups (broad SMARTS) is 1. The molecule has 0 bridgehead atoms. The minimum Gasteiger partial charge on any atom is -0.478 e. The Labute approximate surface area is 182 Å². The number of carbonyl (C=O) groups excluding carboxylic acids is 1. The second kappa shape index (κ2) is 11.1. The third kappa shape index (κ3) is 6.79. The highest BCUT2D eigenvalue weighted by Gasteiger charge is 2.35. The maximum absolute atomic E-state index is 12.2. The molecule has 3 rings (SSSR count). The van der Waals surface area contributed by atoms with Crippen molar-refractivity contribution in [3.8, 4) is 0 Å². The van der Waals surface area contributed by atoms with Gasteiger partial charge in [0, 0.05) is 20.0 Å². The summed E-state index contributed by atoms with van der Waals surface area (Å²) in [6.45, 7) is 2.30. The van der Waals surface area contributed by atoms with Crippen LogP contribution in [0.1, 0.15) is 23.6 Å². The Hall–Kier alpha value is -3.44. The molecule has 0 heterocycles. The summed E-state index contributed by atoms with van der Waals surface area (Å²) in [4.78, 5) is 26.0. The molecule has 2 atom stereocenters. The zero-order chi connectivity index (χ0) is 22.1. The van der Waals surface area contributed by atoms with E-state index in [0.717, 1.165) is 16.7 Å². The van der Waals surface area contributed by atoms with Gasteiger partial charge >= 0.3 is 11.9 Å². The lowest BCUT2D eigenvalue weighted by molar-refractivity contribution is -0.168. The number of hydrogen-bond acceptors (Lipinski definition) is 4. The van der Waals surface area contributed by atoms with Crippen molar-refractivity contribution in [2.45, 2.75) is 38.6 Å². The number of carboxylic acids is 1. The molecule has 0 saturated heterocycles. The standard InChI is InChI=1S/C26H27NO4/c1-20(28)31-25(26(29)30)24(17-21-11-5-2-6-12-21)27(18-22-13-7-3-8-14-22)19-23-15-9-4-10-16-23/h2-16,24-25H,17-19H2,1H3,(H,29,30)/t24-,25-/m0/s1. The van der Waals surface area contributed by atoms with Crippen LogP contribution in [0.5, 0.6) is 0 Å². The molecule has 31 heavy (non-hydrogen) atoms. The lowest BCUT2D eigenvalue weighted by Crippen LogP contribution is -2.49. The Balaban J connectivity index is 2.00. The highest BCUT2D eigenvalue weighted by Crippen LogP contribution is 2.21. The second-order valence-electron chi connectivity index (χ2n) is 7.50. The molecule has 0 saturated carbocycles. The van der Waals surface area contributed by atoms with Gasteiger partial charge in [0.1, 0.15) is 0 Å². The van der Waals surface area contributed by atoms with Crippen LogP contribution in [-0.2, 0) is 33.8 Å². The lowest BCUT2D eigenvalue weighted by Gasteiger charge is -2.35. The van der Waals surface area contributed by atoms with Crippen molar-refractivity contribution in [3.05, 3.63) is 108 Å². The zero-order valence-electron chi connectivity index (χ0n) is 17.6.